The van der Waals surface area contributed by atoms with Crippen LogP contribution in [0.2, 0.25) is 0 Å². The van der Waals surface area contributed by atoms with Gasteiger partial charge >= 0.3 is 0 Å². The number of hydrogen-bond donors (Lipinski definition) is 3. The minimum absolute atomic E-state index is 0.0186. The molecule has 226 valence electrons. The summed E-state index contributed by atoms with van der Waals surface area (Å²) in [6, 6.07) is 16.5. The molecule has 2 saturated heterocycles. The van der Waals surface area contributed by atoms with Crippen molar-refractivity contribution in [3.8, 4) is 0 Å². The molecule has 10 heteroatoms. The van der Waals surface area contributed by atoms with E-state index in [-0.39, 0.29) is 23.7 Å². The average Bonchev–Trinajstić information content (AvgIpc) is 3.85. The molecule has 3 aliphatic rings. The Kier molecular flexibility index (Phi) is 8.21. The molecule has 0 spiro atoms. The van der Waals surface area contributed by atoms with E-state index in [9.17, 15) is 9.59 Å². The summed E-state index contributed by atoms with van der Waals surface area (Å²) in [5.74, 6) is 0.910. The lowest BCUT2D eigenvalue weighted by atomic mass is 9.97. The molecule has 43 heavy (non-hydrogen) atoms. The number of aromatic nitrogens is 2. The molecular weight excluding hydrogens is 540 g/mol. The smallest absolute Gasteiger partial charge is 0.271 e. The number of benzene rings is 2. The summed E-state index contributed by atoms with van der Waals surface area (Å²) >= 11 is 0. The van der Waals surface area contributed by atoms with Crippen LogP contribution >= 0.6 is 0 Å². The first-order chi connectivity index (χ1) is 20.8. The SMILES string of the molecule is CC1CN(C)CCN1c1ccc(Nc2nc(N3CCC[C@@H](NC(=O)c4ccc(C5CC5)cc4)[C@H]3C)cnc2C(N)=O)cc1. The molecule has 3 heterocycles. The summed E-state index contributed by atoms with van der Waals surface area (Å²) in [6.45, 7) is 8.14. The lowest BCUT2D eigenvalue weighted by Gasteiger charge is -2.40. The highest BCUT2D eigenvalue weighted by atomic mass is 16.2. The highest BCUT2D eigenvalue weighted by Gasteiger charge is 2.31. The van der Waals surface area contributed by atoms with E-state index in [0.717, 1.165) is 50.4 Å². The van der Waals surface area contributed by atoms with Crippen LogP contribution < -0.4 is 26.2 Å². The lowest BCUT2D eigenvalue weighted by Crippen LogP contribution is -2.54. The molecule has 2 aromatic carbocycles. The standard InChI is InChI=1S/C33H42N8O2/c1-21-20-39(3)17-18-40(21)27-14-12-26(13-15-27)36-32-30(31(34)42)35-19-29(38-32)41-16-4-5-28(22(41)2)37-33(43)25-10-8-24(9-11-25)23-6-7-23/h8-15,19,21-23,28H,4-7,16-18,20H2,1-3H3,(H2,34,42)(H,36,38)(H,37,43)/t21?,22-,28-/m1/s1. The number of nitrogens with two attached hydrogens (primary N) is 1. The summed E-state index contributed by atoms with van der Waals surface area (Å²) in [6.07, 6.45) is 5.85. The first-order valence-corrected chi connectivity index (χ1v) is 15.4. The molecule has 1 unspecified atom stereocenters. The Labute approximate surface area is 253 Å². The maximum Gasteiger partial charge on any atom is 0.271 e. The zero-order valence-corrected chi connectivity index (χ0v) is 25.3. The number of hydrogen-bond acceptors (Lipinski definition) is 8. The van der Waals surface area contributed by atoms with E-state index in [0.29, 0.717) is 29.2 Å². The first kappa shape index (κ1) is 28.9. The fourth-order valence-electron chi connectivity index (χ4n) is 6.42. The molecule has 1 aliphatic carbocycles. The van der Waals surface area contributed by atoms with E-state index in [1.807, 2.05) is 24.3 Å². The number of piperidine rings is 1. The zero-order chi connectivity index (χ0) is 30.1. The Morgan fingerprint density at radius 2 is 1.67 bits per heavy atom. The largest absolute Gasteiger partial charge is 0.366 e. The van der Waals surface area contributed by atoms with E-state index < -0.39 is 5.91 Å². The minimum Gasteiger partial charge on any atom is -0.366 e. The van der Waals surface area contributed by atoms with Gasteiger partial charge in [0.1, 0.15) is 5.82 Å². The van der Waals surface area contributed by atoms with Gasteiger partial charge in [-0.25, -0.2) is 9.97 Å². The van der Waals surface area contributed by atoms with Gasteiger partial charge in [0.15, 0.2) is 11.5 Å². The third-order valence-electron chi connectivity index (χ3n) is 9.11. The van der Waals surface area contributed by atoms with Crippen molar-refractivity contribution >= 4 is 34.8 Å². The zero-order valence-electron chi connectivity index (χ0n) is 25.3. The fourth-order valence-corrected chi connectivity index (χ4v) is 6.42. The maximum atomic E-state index is 13.1. The number of primary amides is 1. The van der Waals surface area contributed by atoms with Gasteiger partial charge in [0.25, 0.3) is 11.8 Å². The number of amides is 2. The van der Waals surface area contributed by atoms with Crippen molar-refractivity contribution < 1.29 is 9.59 Å². The number of carbonyl (C=O) groups is 2. The molecular formula is C33H42N8O2. The van der Waals surface area contributed by atoms with Gasteiger partial charge in [0.2, 0.25) is 0 Å². The van der Waals surface area contributed by atoms with Crippen molar-refractivity contribution in [2.75, 3.05) is 48.3 Å². The second-order valence-electron chi connectivity index (χ2n) is 12.3. The summed E-state index contributed by atoms with van der Waals surface area (Å²) < 4.78 is 0. The van der Waals surface area contributed by atoms with E-state index in [4.69, 9.17) is 10.7 Å². The van der Waals surface area contributed by atoms with Crippen molar-refractivity contribution in [1.29, 1.82) is 0 Å². The van der Waals surface area contributed by atoms with Crippen LogP contribution in [0.1, 0.15) is 71.9 Å². The Balaban J connectivity index is 1.16. The van der Waals surface area contributed by atoms with Crippen LogP contribution in [0.15, 0.2) is 54.7 Å². The van der Waals surface area contributed by atoms with Crippen LogP contribution in [-0.4, -0.2) is 78.0 Å². The van der Waals surface area contributed by atoms with Crippen LogP contribution in [0.25, 0.3) is 0 Å². The summed E-state index contributed by atoms with van der Waals surface area (Å²) in [5.41, 5.74) is 9.72. The summed E-state index contributed by atoms with van der Waals surface area (Å²) in [7, 11) is 2.15. The van der Waals surface area contributed by atoms with E-state index >= 15 is 0 Å². The van der Waals surface area contributed by atoms with Gasteiger partial charge in [-0.1, -0.05) is 12.1 Å². The number of nitrogens with one attached hydrogen (secondary N) is 2. The maximum absolute atomic E-state index is 13.1. The predicted molar refractivity (Wildman–Crippen MR) is 170 cm³/mol. The molecule has 2 aliphatic heterocycles. The highest BCUT2D eigenvalue weighted by molar-refractivity contribution is 5.96. The van der Waals surface area contributed by atoms with E-state index in [2.05, 4.69) is 75.5 Å². The number of carbonyl (C=O) groups excluding carboxylic acids is 2. The Hall–Kier alpha value is -4.18. The van der Waals surface area contributed by atoms with Crippen molar-refractivity contribution in [3.63, 3.8) is 0 Å². The molecule has 10 nitrogen and oxygen atoms in total. The molecule has 0 bridgehead atoms. The van der Waals surface area contributed by atoms with E-state index in [1.54, 1.807) is 6.20 Å². The van der Waals surface area contributed by atoms with Crippen LogP contribution in [-0.2, 0) is 0 Å². The molecule has 1 aromatic heterocycles. The number of likely N-dealkylation sites (N-methyl/N-ethyl adjacent to an activating group) is 1. The van der Waals surface area contributed by atoms with Crippen LogP contribution in [0.5, 0.6) is 0 Å². The molecule has 6 rings (SSSR count). The second-order valence-corrected chi connectivity index (χ2v) is 12.3. The quantitative estimate of drug-likeness (QED) is 0.363. The van der Waals surface area contributed by atoms with Crippen molar-refractivity contribution in [2.24, 2.45) is 5.73 Å². The van der Waals surface area contributed by atoms with Gasteiger partial charge in [0.05, 0.1) is 6.20 Å². The normalized spacial score (nSPS) is 22.7. The molecule has 3 atom stereocenters. The predicted octanol–water partition coefficient (Wildman–Crippen LogP) is 4.12. The molecule has 4 N–H and O–H groups in total. The van der Waals surface area contributed by atoms with Crippen LogP contribution in [0.4, 0.5) is 23.0 Å². The second kappa shape index (κ2) is 12.2. The number of piperazine rings is 1. The average molecular weight is 583 g/mol. The monoisotopic (exact) mass is 582 g/mol. The molecule has 3 fully saturated rings. The van der Waals surface area contributed by atoms with Crippen molar-refractivity contribution in [3.05, 3.63) is 71.5 Å². The summed E-state index contributed by atoms with van der Waals surface area (Å²) in [4.78, 5) is 41.5. The lowest BCUT2D eigenvalue weighted by molar-refractivity contribution is 0.0923. The minimum atomic E-state index is -0.644. The van der Waals surface area contributed by atoms with Crippen LogP contribution in [0.3, 0.4) is 0 Å². The number of rotatable bonds is 8. The van der Waals surface area contributed by atoms with Gasteiger partial charge in [-0.15, -0.1) is 0 Å². The third kappa shape index (κ3) is 6.44. The fraction of sp³-hybridized carbons (Fsp3) is 0.455. The Morgan fingerprint density at radius 1 is 0.930 bits per heavy atom. The number of anilines is 4. The first-order valence-electron chi connectivity index (χ1n) is 15.4. The molecule has 3 aromatic rings. The van der Waals surface area contributed by atoms with Crippen molar-refractivity contribution in [2.45, 2.75) is 63.6 Å². The Bertz CT molecular complexity index is 1460. The van der Waals surface area contributed by atoms with Gasteiger partial charge in [-0.2, -0.15) is 0 Å². The van der Waals surface area contributed by atoms with E-state index in [1.165, 1.54) is 18.4 Å². The number of nitrogens with zero attached hydrogens (tertiary/aromatic N) is 5. The van der Waals surface area contributed by atoms with Gasteiger partial charge in [-0.3, -0.25) is 9.59 Å². The molecule has 1 saturated carbocycles. The van der Waals surface area contributed by atoms with Crippen molar-refractivity contribution in [1.82, 2.24) is 20.2 Å². The topological polar surface area (TPSA) is 120 Å². The van der Waals surface area contributed by atoms with Gasteiger partial charge in [-0.05, 0) is 94.5 Å². The van der Waals surface area contributed by atoms with Gasteiger partial charge < -0.3 is 31.1 Å². The Morgan fingerprint density at radius 3 is 2.35 bits per heavy atom. The highest BCUT2D eigenvalue weighted by Crippen LogP contribution is 2.40. The third-order valence-corrected chi connectivity index (χ3v) is 9.11. The summed E-state index contributed by atoms with van der Waals surface area (Å²) in [5, 5.41) is 6.53. The van der Waals surface area contributed by atoms with Crippen LogP contribution in [0, 0.1) is 0 Å². The molecule has 0 radical (unpaired) electrons. The van der Waals surface area contributed by atoms with Gasteiger partial charge in [0, 0.05) is 61.2 Å². The molecule has 2 amide bonds.